The maximum Gasteiger partial charge on any atom is 0.0371 e. The fourth-order valence-electron chi connectivity index (χ4n) is 1.95. The standard InChI is InChI=1S/C15H25N/c1-4-5-6-7-11-14(3)16-15-12-9-8-10-13(15)2/h8-10,12,14,16H,4-7,11H2,1-3H3. The number of hydrogen-bond acceptors (Lipinski definition) is 1. The molecule has 1 N–H and O–H groups in total. The number of benzene rings is 1. The van der Waals surface area contributed by atoms with E-state index in [2.05, 4.69) is 50.4 Å². The summed E-state index contributed by atoms with van der Waals surface area (Å²) in [7, 11) is 0. The van der Waals surface area contributed by atoms with Crippen LogP contribution in [0.2, 0.25) is 0 Å². The number of hydrogen-bond donors (Lipinski definition) is 1. The van der Waals surface area contributed by atoms with Crippen LogP contribution in [0.25, 0.3) is 0 Å². The highest BCUT2D eigenvalue weighted by atomic mass is 14.9. The molecule has 1 unspecified atom stereocenters. The minimum atomic E-state index is 0.581. The molecule has 0 aliphatic carbocycles. The van der Waals surface area contributed by atoms with Crippen LogP contribution in [-0.2, 0) is 0 Å². The Hall–Kier alpha value is -0.980. The molecule has 1 aromatic rings. The summed E-state index contributed by atoms with van der Waals surface area (Å²) < 4.78 is 0. The van der Waals surface area contributed by atoms with Crippen molar-refractivity contribution in [1.82, 2.24) is 0 Å². The maximum atomic E-state index is 3.59. The van der Waals surface area contributed by atoms with E-state index < -0.39 is 0 Å². The Morgan fingerprint density at radius 1 is 1.12 bits per heavy atom. The highest BCUT2D eigenvalue weighted by Gasteiger charge is 2.03. The fraction of sp³-hybridized carbons (Fsp3) is 0.600. The molecule has 16 heavy (non-hydrogen) atoms. The first-order chi connectivity index (χ1) is 7.74. The van der Waals surface area contributed by atoms with E-state index in [0.717, 1.165) is 0 Å². The molecule has 0 bridgehead atoms. The Morgan fingerprint density at radius 3 is 2.56 bits per heavy atom. The summed E-state index contributed by atoms with van der Waals surface area (Å²) in [6.07, 6.45) is 6.68. The van der Waals surface area contributed by atoms with Crippen molar-refractivity contribution in [3.05, 3.63) is 29.8 Å². The zero-order chi connectivity index (χ0) is 11.8. The number of unbranched alkanes of at least 4 members (excludes halogenated alkanes) is 3. The van der Waals surface area contributed by atoms with Gasteiger partial charge in [-0.3, -0.25) is 0 Å². The lowest BCUT2D eigenvalue weighted by Gasteiger charge is -2.16. The molecule has 0 aromatic heterocycles. The lowest BCUT2D eigenvalue weighted by atomic mass is 10.1. The molecule has 0 aliphatic heterocycles. The number of rotatable bonds is 7. The van der Waals surface area contributed by atoms with E-state index in [9.17, 15) is 0 Å². The summed E-state index contributed by atoms with van der Waals surface area (Å²) in [6.45, 7) is 6.69. The van der Waals surface area contributed by atoms with Crippen LogP contribution in [0.5, 0.6) is 0 Å². The predicted molar refractivity (Wildman–Crippen MR) is 73.0 cm³/mol. The summed E-state index contributed by atoms with van der Waals surface area (Å²) in [5.74, 6) is 0. The molecule has 0 fully saturated rings. The van der Waals surface area contributed by atoms with Gasteiger partial charge in [0, 0.05) is 11.7 Å². The summed E-state index contributed by atoms with van der Waals surface area (Å²) in [5, 5.41) is 3.59. The molecular weight excluding hydrogens is 194 g/mol. The smallest absolute Gasteiger partial charge is 0.0371 e. The van der Waals surface area contributed by atoms with Gasteiger partial charge in [0.05, 0.1) is 0 Å². The van der Waals surface area contributed by atoms with E-state index in [0.29, 0.717) is 6.04 Å². The van der Waals surface area contributed by atoms with Gasteiger partial charge in [-0.15, -0.1) is 0 Å². The summed E-state index contributed by atoms with van der Waals surface area (Å²) in [4.78, 5) is 0. The van der Waals surface area contributed by atoms with E-state index >= 15 is 0 Å². The third-order valence-corrected chi connectivity index (χ3v) is 3.04. The Balaban J connectivity index is 2.28. The molecule has 0 saturated heterocycles. The topological polar surface area (TPSA) is 12.0 Å². The Labute approximate surface area is 100 Å². The first kappa shape index (κ1) is 13.1. The van der Waals surface area contributed by atoms with Gasteiger partial charge in [0.1, 0.15) is 0 Å². The van der Waals surface area contributed by atoms with E-state index in [1.165, 1.54) is 43.4 Å². The zero-order valence-corrected chi connectivity index (χ0v) is 10.9. The van der Waals surface area contributed by atoms with Gasteiger partial charge in [0.15, 0.2) is 0 Å². The lowest BCUT2D eigenvalue weighted by molar-refractivity contribution is 0.594. The van der Waals surface area contributed by atoms with E-state index in [4.69, 9.17) is 0 Å². The van der Waals surface area contributed by atoms with Crippen molar-refractivity contribution in [2.75, 3.05) is 5.32 Å². The zero-order valence-electron chi connectivity index (χ0n) is 10.9. The minimum absolute atomic E-state index is 0.581. The minimum Gasteiger partial charge on any atom is -0.382 e. The van der Waals surface area contributed by atoms with Crippen molar-refractivity contribution in [3.8, 4) is 0 Å². The largest absolute Gasteiger partial charge is 0.382 e. The second kappa shape index (κ2) is 7.32. The second-order valence-electron chi connectivity index (χ2n) is 4.71. The van der Waals surface area contributed by atoms with Crippen LogP contribution in [0.1, 0.15) is 51.5 Å². The molecule has 1 atom stereocenters. The summed E-state index contributed by atoms with van der Waals surface area (Å²) >= 11 is 0. The first-order valence-electron chi connectivity index (χ1n) is 6.56. The molecule has 1 aromatic carbocycles. The molecule has 1 heteroatoms. The van der Waals surface area contributed by atoms with Gasteiger partial charge in [-0.2, -0.15) is 0 Å². The van der Waals surface area contributed by atoms with Crippen molar-refractivity contribution in [2.45, 2.75) is 58.9 Å². The van der Waals surface area contributed by atoms with Gasteiger partial charge >= 0.3 is 0 Å². The molecule has 0 amide bonds. The molecule has 90 valence electrons. The second-order valence-corrected chi connectivity index (χ2v) is 4.71. The van der Waals surface area contributed by atoms with E-state index in [1.807, 2.05) is 0 Å². The van der Waals surface area contributed by atoms with Gasteiger partial charge in [-0.1, -0.05) is 50.8 Å². The fourth-order valence-corrected chi connectivity index (χ4v) is 1.95. The highest BCUT2D eigenvalue weighted by molar-refractivity contribution is 5.50. The van der Waals surface area contributed by atoms with Crippen molar-refractivity contribution < 1.29 is 0 Å². The first-order valence-corrected chi connectivity index (χ1v) is 6.56. The van der Waals surface area contributed by atoms with Crippen LogP contribution >= 0.6 is 0 Å². The number of para-hydroxylation sites is 1. The third kappa shape index (κ3) is 4.69. The summed E-state index contributed by atoms with van der Waals surface area (Å²) in [6, 6.07) is 9.09. The number of aryl methyl sites for hydroxylation is 1. The highest BCUT2D eigenvalue weighted by Crippen LogP contribution is 2.16. The molecule has 0 aliphatic rings. The molecular formula is C15H25N. The lowest BCUT2D eigenvalue weighted by Crippen LogP contribution is -2.15. The average Bonchev–Trinajstić information content (AvgIpc) is 2.28. The van der Waals surface area contributed by atoms with Crippen LogP contribution in [0.4, 0.5) is 5.69 Å². The Kier molecular flexibility index (Phi) is 5.99. The van der Waals surface area contributed by atoms with Gasteiger partial charge < -0.3 is 5.32 Å². The van der Waals surface area contributed by atoms with Gasteiger partial charge in [0.2, 0.25) is 0 Å². The monoisotopic (exact) mass is 219 g/mol. The van der Waals surface area contributed by atoms with Crippen LogP contribution in [-0.4, -0.2) is 6.04 Å². The van der Waals surface area contributed by atoms with Gasteiger partial charge in [0.25, 0.3) is 0 Å². The van der Waals surface area contributed by atoms with Gasteiger partial charge in [-0.25, -0.2) is 0 Å². The molecule has 0 radical (unpaired) electrons. The predicted octanol–water partition coefficient (Wildman–Crippen LogP) is 4.77. The average molecular weight is 219 g/mol. The van der Waals surface area contributed by atoms with Crippen molar-refractivity contribution in [3.63, 3.8) is 0 Å². The van der Waals surface area contributed by atoms with Crippen molar-refractivity contribution >= 4 is 5.69 Å². The van der Waals surface area contributed by atoms with Crippen LogP contribution < -0.4 is 5.32 Å². The van der Waals surface area contributed by atoms with Crippen molar-refractivity contribution in [1.29, 1.82) is 0 Å². The van der Waals surface area contributed by atoms with E-state index in [1.54, 1.807) is 0 Å². The number of anilines is 1. The molecule has 0 heterocycles. The SMILES string of the molecule is CCCCCCC(C)Nc1ccccc1C. The van der Waals surface area contributed by atoms with Gasteiger partial charge in [-0.05, 0) is 31.9 Å². The van der Waals surface area contributed by atoms with Crippen molar-refractivity contribution in [2.24, 2.45) is 0 Å². The maximum absolute atomic E-state index is 3.59. The Morgan fingerprint density at radius 2 is 1.88 bits per heavy atom. The van der Waals surface area contributed by atoms with E-state index in [-0.39, 0.29) is 0 Å². The molecule has 1 nitrogen and oxygen atoms in total. The molecule has 0 saturated carbocycles. The summed E-state index contributed by atoms with van der Waals surface area (Å²) in [5.41, 5.74) is 2.62. The number of nitrogens with one attached hydrogen (secondary N) is 1. The quantitative estimate of drug-likeness (QED) is 0.652. The van der Waals surface area contributed by atoms with Crippen LogP contribution in [0, 0.1) is 6.92 Å². The molecule has 1 rings (SSSR count). The van der Waals surface area contributed by atoms with Crippen LogP contribution in [0.3, 0.4) is 0 Å². The normalized spacial score (nSPS) is 12.4. The molecule has 0 spiro atoms. The van der Waals surface area contributed by atoms with Crippen LogP contribution in [0.15, 0.2) is 24.3 Å². The Bertz CT molecular complexity index is 293. The third-order valence-electron chi connectivity index (χ3n) is 3.04.